The van der Waals surface area contributed by atoms with Gasteiger partial charge < -0.3 is 10.8 Å². The van der Waals surface area contributed by atoms with E-state index in [1.165, 1.54) is 4.31 Å². The maximum Gasteiger partial charge on any atom is 0.303 e. The molecule has 0 fully saturated rings. The predicted molar refractivity (Wildman–Crippen MR) is 112 cm³/mol. The average molecular weight is 405 g/mol. The Bertz CT molecular complexity index is 852. The van der Waals surface area contributed by atoms with Crippen molar-refractivity contribution in [1.29, 1.82) is 0 Å². The molecule has 0 aliphatic carbocycles. The summed E-state index contributed by atoms with van der Waals surface area (Å²) >= 11 is 0. The van der Waals surface area contributed by atoms with Crippen LogP contribution in [-0.2, 0) is 21.4 Å². The number of hydrogen-bond acceptors (Lipinski definition) is 4. The summed E-state index contributed by atoms with van der Waals surface area (Å²) in [5, 5.41) is 9.19. The van der Waals surface area contributed by atoms with Crippen LogP contribution in [0.3, 0.4) is 0 Å². The molecule has 0 radical (unpaired) electrons. The number of carbonyl (C=O) groups is 1. The van der Waals surface area contributed by atoms with Gasteiger partial charge in [0.1, 0.15) is 0 Å². The number of nitrogens with two attached hydrogens (primary N) is 1. The minimum absolute atomic E-state index is 0.0124. The van der Waals surface area contributed by atoms with E-state index in [4.69, 9.17) is 5.73 Å². The lowest BCUT2D eigenvalue weighted by molar-refractivity contribution is -0.137. The standard InChI is InChI=1S/C21H28N2O4S/c1-2-3-15-28(26,27)23(19-11-9-17(16-22)10-12-19)20(13-14-21(24)25)18-7-5-4-6-8-18/h4-12,20H,2-3,13-16,22H2,1H3,(H,24,25). The zero-order valence-corrected chi connectivity index (χ0v) is 16.9. The highest BCUT2D eigenvalue weighted by Crippen LogP contribution is 2.34. The fourth-order valence-corrected chi connectivity index (χ4v) is 5.00. The molecule has 2 rings (SSSR count). The molecule has 0 saturated heterocycles. The fraction of sp³-hybridized carbons (Fsp3) is 0.381. The summed E-state index contributed by atoms with van der Waals surface area (Å²) in [6.07, 6.45) is 1.36. The molecule has 6 nitrogen and oxygen atoms in total. The SMILES string of the molecule is CCCCS(=O)(=O)N(c1ccc(CN)cc1)C(CCC(=O)O)c1ccccc1. The molecule has 1 atom stereocenters. The van der Waals surface area contributed by atoms with Crippen LogP contribution in [0.2, 0.25) is 0 Å². The van der Waals surface area contributed by atoms with Crippen LogP contribution < -0.4 is 10.0 Å². The van der Waals surface area contributed by atoms with Crippen molar-refractivity contribution >= 4 is 21.7 Å². The van der Waals surface area contributed by atoms with Gasteiger partial charge in [-0.3, -0.25) is 9.10 Å². The van der Waals surface area contributed by atoms with E-state index in [-0.39, 0.29) is 18.6 Å². The van der Waals surface area contributed by atoms with Gasteiger partial charge >= 0.3 is 5.97 Å². The Labute approximate surface area is 167 Å². The van der Waals surface area contributed by atoms with Gasteiger partial charge in [0, 0.05) is 13.0 Å². The number of benzene rings is 2. The molecule has 0 amide bonds. The summed E-state index contributed by atoms with van der Waals surface area (Å²) in [6.45, 7) is 2.30. The van der Waals surface area contributed by atoms with E-state index >= 15 is 0 Å². The Kier molecular flexibility index (Phi) is 8.02. The number of anilines is 1. The number of rotatable bonds is 11. The maximum atomic E-state index is 13.3. The number of hydrogen-bond donors (Lipinski definition) is 2. The molecule has 3 N–H and O–H groups in total. The van der Waals surface area contributed by atoms with Crippen LogP contribution in [0.15, 0.2) is 54.6 Å². The number of sulfonamides is 1. The Morgan fingerprint density at radius 2 is 1.75 bits per heavy atom. The van der Waals surface area contributed by atoms with Crippen molar-refractivity contribution in [1.82, 2.24) is 0 Å². The summed E-state index contributed by atoms with van der Waals surface area (Å²) in [7, 11) is -3.64. The van der Waals surface area contributed by atoms with Gasteiger partial charge in [0.05, 0.1) is 17.5 Å². The lowest BCUT2D eigenvalue weighted by atomic mass is 10.0. The quantitative estimate of drug-likeness (QED) is 0.595. The highest BCUT2D eigenvalue weighted by atomic mass is 32.2. The first-order chi connectivity index (χ1) is 13.4. The van der Waals surface area contributed by atoms with Crippen LogP contribution in [0, 0.1) is 0 Å². The van der Waals surface area contributed by atoms with Crippen molar-refractivity contribution in [2.75, 3.05) is 10.1 Å². The molecule has 152 valence electrons. The van der Waals surface area contributed by atoms with Gasteiger partial charge in [0.15, 0.2) is 0 Å². The number of nitrogens with zero attached hydrogens (tertiary/aromatic N) is 1. The van der Waals surface area contributed by atoms with E-state index in [0.717, 1.165) is 17.5 Å². The normalized spacial score (nSPS) is 12.5. The number of aliphatic carboxylic acids is 1. The number of carboxylic acids is 1. The van der Waals surface area contributed by atoms with Gasteiger partial charge in [-0.05, 0) is 36.1 Å². The van der Waals surface area contributed by atoms with E-state index in [0.29, 0.717) is 18.7 Å². The third-order valence-electron chi connectivity index (χ3n) is 4.58. The van der Waals surface area contributed by atoms with Crippen LogP contribution >= 0.6 is 0 Å². The van der Waals surface area contributed by atoms with Gasteiger partial charge in [0.25, 0.3) is 0 Å². The molecule has 0 saturated carbocycles. The minimum atomic E-state index is -3.64. The van der Waals surface area contributed by atoms with Crippen LogP contribution in [0.5, 0.6) is 0 Å². The Morgan fingerprint density at radius 1 is 1.11 bits per heavy atom. The molecular formula is C21H28N2O4S. The minimum Gasteiger partial charge on any atom is -0.481 e. The van der Waals surface area contributed by atoms with Crippen molar-refractivity contribution in [3.63, 3.8) is 0 Å². The van der Waals surface area contributed by atoms with Gasteiger partial charge in [-0.2, -0.15) is 0 Å². The van der Waals surface area contributed by atoms with E-state index in [1.807, 2.05) is 37.3 Å². The topological polar surface area (TPSA) is 101 Å². The second kappa shape index (κ2) is 10.2. The summed E-state index contributed by atoms with van der Waals surface area (Å²) in [5.41, 5.74) is 7.85. The zero-order valence-electron chi connectivity index (χ0n) is 16.1. The molecule has 0 spiro atoms. The number of carboxylic acid groups (broad SMARTS) is 1. The summed E-state index contributed by atoms with van der Waals surface area (Å²) in [5.74, 6) is -0.941. The van der Waals surface area contributed by atoms with Crippen molar-refractivity contribution in [3.05, 3.63) is 65.7 Å². The van der Waals surface area contributed by atoms with Crippen LogP contribution in [0.1, 0.15) is 49.8 Å². The molecule has 0 heterocycles. The van der Waals surface area contributed by atoms with Gasteiger partial charge in [0.2, 0.25) is 10.0 Å². The van der Waals surface area contributed by atoms with Crippen LogP contribution in [0.4, 0.5) is 5.69 Å². The average Bonchev–Trinajstić information content (AvgIpc) is 2.70. The van der Waals surface area contributed by atoms with E-state index < -0.39 is 22.0 Å². The first kappa shape index (κ1) is 21.9. The molecule has 28 heavy (non-hydrogen) atoms. The first-order valence-electron chi connectivity index (χ1n) is 9.47. The lowest BCUT2D eigenvalue weighted by Crippen LogP contribution is -2.37. The van der Waals surface area contributed by atoms with Crippen molar-refractivity contribution < 1.29 is 18.3 Å². The molecule has 7 heteroatoms. The lowest BCUT2D eigenvalue weighted by Gasteiger charge is -2.33. The maximum absolute atomic E-state index is 13.3. The molecular weight excluding hydrogens is 376 g/mol. The Hall–Kier alpha value is -2.38. The molecule has 0 aliphatic rings. The Morgan fingerprint density at radius 3 is 2.29 bits per heavy atom. The van der Waals surface area contributed by atoms with Gasteiger partial charge in [-0.1, -0.05) is 55.8 Å². The van der Waals surface area contributed by atoms with Gasteiger partial charge in [-0.15, -0.1) is 0 Å². The highest BCUT2D eigenvalue weighted by Gasteiger charge is 2.31. The molecule has 0 aliphatic heterocycles. The largest absolute Gasteiger partial charge is 0.481 e. The summed E-state index contributed by atoms with van der Waals surface area (Å²) in [4.78, 5) is 11.2. The van der Waals surface area contributed by atoms with Crippen molar-refractivity contribution in [2.45, 2.75) is 45.2 Å². The summed E-state index contributed by atoms with van der Waals surface area (Å²) < 4.78 is 27.9. The molecule has 2 aromatic carbocycles. The second-order valence-corrected chi connectivity index (χ2v) is 8.66. The molecule has 0 aromatic heterocycles. The first-order valence-corrected chi connectivity index (χ1v) is 11.1. The third-order valence-corrected chi connectivity index (χ3v) is 6.45. The second-order valence-electron chi connectivity index (χ2n) is 6.69. The van der Waals surface area contributed by atoms with Crippen LogP contribution in [0.25, 0.3) is 0 Å². The summed E-state index contributed by atoms with van der Waals surface area (Å²) in [6, 6.07) is 15.7. The smallest absolute Gasteiger partial charge is 0.303 e. The Balaban J connectivity index is 2.55. The fourth-order valence-electron chi connectivity index (χ4n) is 3.09. The zero-order chi connectivity index (χ0) is 20.6. The molecule has 2 aromatic rings. The van der Waals surface area contributed by atoms with E-state index in [1.54, 1.807) is 24.3 Å². The van der Waals surface area contributed by atoms with Crippen molar-refractivity contribution in [2.24, 2.45) is 5.73 Å². The van der Waals surface area contributed by atoms with E-state index in [9.17, 15) is 18.3 Å². The monoisotopic (exact) mass is 404 g/mol. The third kappa shape index (κ3) is 5.81. The predicted octanol–water partition coefficient (Wildman–Crippen LogP) is 3.69. The molecule has 1 unspecified atom stereocenters. The van der Waals surface area contributed by atoms with Gasteiger partial charge in [-0.25, -0.2) is 8.42 Å². The number of unbranched alkanes of at least 4 members (excludes halogenated alkanes) is 1. The molecule has 0 bridgehead atoms. The van der Waals surface area contributed by atoms with E-state index in [2.05, 4.69) is 0 Å². The highest BCUT2D eigenvalue weighted by molar-refractivity contribution is 7.92. The van der Waals surface area contributed by atoms with Crippen LogP contribution in [-0.4, -0.2) is 25.2 Å². The van der Waals surface area contributed by atoms with Crippen molar-refractivity contribution in [3.8, 4) is 0 Å².